The van der Waals surface area contributed by atoms with Gasteiger partial charge in [-0.25, -0.2) is 0 Å². The van der Waals surface area contributed by atoms with E-state index in [2.05, 4.69) is 27.7 Å². The van der Waals surface area contributed by atoms with Gasteiger partial charge in [-0.05, 0) is 18.3 Å². The third-order valence-electron chi connectivity index (χ3n) is 2.94. The maximum Gasteiger partial charge on any atom is 0.0545 e. The highest BCUT2D eigenvalue weighted by Gasteiger charge is 2.29. The van der Waals surface area contributed by atoms with Gasteiger partial charge in [-0.2, -0.15) is 0 Å². The molecule has 0 aromatic rings. The number of rotatable bonds is 4. The van der Waals surface area contributed by atoms with Crippen LogP contribution in [0, 0.1) is 11.3 Å². The van der Waals surface area contributed by atoms with E-state index in [0.29, 0.717) is 5.92 Å². The van der Waals surface area contributed by atoms with Crippen LogP contribution in [0.1, 0.15) is 47.5 Å². The summed E-state index contributed by atoms with van der Waals surface area (Å²) in [5.74, 6) is 0.437. The first-order valence-corrected chi connectivity index (χ1v) is 4.63. The molecule has 0 heterocycles. The molecule has 0 fully saturated rings. The summed E-state index contributed by atoms with van der Waals surface area (Å²) in [6, 6.07) is 0. The second kappa shape index (κ2) is 4.10. The SMILES string of the molecule is CCC(C(C)O)C(C)(C)CC. The smallest absolute Gasteiger partial charge is 0.0545 e. The van der Waals surface area contributed by atoms with Crippen LogP contribution < -0.4 is 0 Å². The summed E-state index contributed by atoms with van der Waals surface area (Å²) in [7, 11) is 0. The van der Waals surface area contributed by atoms with Crippen molar-refractivity contribution in [2.24, 2.45) is 11.3 Å². The van der Waals surface area contributed by atoms with Gasteiger partial charge >= 0.3 is 0 Å². The van der Waals surface area contributed by atoms with Crippen LogP contribution in [-0.4, -0.2) is 11.2 Å². The Hall–Kier alpha value is -0.0400. The molecule has 0 aromatic heterocycles. The van der Waals surface area contributed by atoms with E-state index in [1.165, 1.54) is 0 Å². The van der Waals surface area contributed by atoms with Crippen molar-refractivity contribution in [3.63, 3.8) is 0 Å². The van der Waals surface area contributed by atoms with Gasteiger partial charge in [0.1, 0.15) is 0 Å². The molecule has 1 N–H and O–H groups in total. The second-order valence-corrected chi connectivity index (χ2v) is 4.10. The fraction of sp³-hybridized carbons (Fsp3) is 1.00. The first kappa shape index (κ1) is 11.0. The molecule has 0 saturated carbocycles. The fourth-order valence-electron chi connectivity index (χ4n) is 1.81. The lowest BCUT2D eigenvalue weighted by Crippen LogP contribution is -2.31. The molecule has 0 aliphatic rings. The topological polar surface area (TPSA) is 20.2 Å². The fourth-order valence-corrected chi connectivity index (χ4v) is 1.81. The largest absolute Gasteiger partial charge is 0.393 e. The van der Waals surface area contributed by atoms with Crippen LogP contribution in [0.3, 0.4) is 0 Å². The number of hydrogen-bond donors (Lipinski definition) is 1. The minimum atomic E-state index is -0.171. The van der Waals surface area contributed by atoms with Crippen LogP contribution in [0.4, 0.5) is 0 Å². The number of aliphatic hydroxyl groups excluding tert-OH is 1. The molecule has 0 rings (SSSR count). The van der Waals surface area contributed by atoms with Crippen molar-refractivity contribution in [3.8, 4) is 0 Å². The lowest BCUT2D eigenvalue weighted by Gasteiger charge is -2.34. The van der Waals surface area contributed by atoms with E-state index in [9.17, 15) is 5.11 Å². The quantitative estimate of drug-likeness (QED) is 0.667. The molecule has 0 amide bonds. The Balaban J connectivity index is 4.23. The maximum atomic E-state index is 9.48. The Morgan fingerprint density at radius 3 is 1.82 bits per heavy atom. The van der Waals surface area contributed by atoms with Gasteiger partial charge < -0.3 is 5.11 Å². The van der Waals surface area contributed by atoms with Crippen molar-refractivity contribution in [2.75, 3.05) is 0 Å². The first-order chi connectivity index (χ1) is 4.95. The van der Waals surface area contributed by atoms with Crippen molar-refractivity contribution in [1.82, 2.24) is 0 Å². The van der Waals surface area contributed by atoms with Crippen molar-refractivity contribution < 1.29 is 5.11 Å². The van der Waals surface area contributed by atoms with Gasteiger partial charge in [-0.1, -0.05) is 40.5 Å². The molecule has 68 valence electrons. The van der Waals surface area contributed by atoms with Crippen LogP contribution in [0.5, 0.6) is 0 Å². The average Bonchev–Trinajstić information content (AvgIpc) is 1.88. The highest BCUT2D eigenvalue weighted by Crippen LogP contribution is 2.34. The molecule has 0 spiro atoms. The first-order valence-electron chi connectivity index (χ1n) is 4.63. The van der Waals surface area contributed by atoms with E-state index in [4.69, 9.17) is 0 Å². The lowest BCUT2D eigenvalue weighted by atomic mass is 9.73. The molecule has 11 heavy (non-hydrogen) atoms. The summed E-state index contributed by atoms with van der Waals surface area (Å²) in [6.45, 7) is 10.7. The van der Waals surface area contributed by atoms with Crippen molar-refractivity contribution >= 4 is 0 Å². The molecule has 2 unspecified atom stereocenters. The molecule has 1 nitrogen and oxygen atoms in total. The highest BCUT2D eigenvalue weighted by molar-refractivity contribution is 4.79. The van der Waals surface area contributed by atoms with E-state index in [1.807, 2.05) is 6.92 Å². The highest BCUT2D eigenvalue weighted by atomic mass is 16.3. The van der Waals surface area contributed by atoms with Gasteiger partial charge in [0, 0.05) is 0 Å². The summed E-state index contributed by atoms with van der Waals surface area (Å²) >= 11 is 0. The molecule has 0 bridgehead atoms. The Morgan fingerprint density at radius 1 is 1.27 bits per heavy atom. The summed E-state index contributed by atoms with van der Waals surface area (Å²) in [5, 5.41) is 9.48. The van der Waals surface area contributed by atoms with Gasteiger partial charge in [-0.3, -0.25) is 0 Å². The zero-order valence-electron chi connectivity index (χ0n) is 8.52. The van der Waals surface area contributed by atoms with E-state index >= 15 is 0 Å². The predicted octanol–water partition coefficient (Wildman–Crippen LogP) is 2.83. The van der Waals surface area contributed by atoms with Gasteiger partial charge in [0.05, 0.1) is 6.10 Å². The normalized spacial score (nSPS) is 18.0. The molecule has 0 radical (unpaired) electrons. The van der Waals surface area contributed by atoms with Crippen LogP contribution in [0.2, 0.25) is 0 Å². The molecular formula is C10H22O. The summed E-state index contributed by atoms with van der Waals surface area (Å²) in [5.41, 5.74) is 0.281. The van der Waals surface area contributed by atoms with E-state index < -0.39 is 0 Å². The van der Waals surface area contributed by atoms with Crippen molar-refractivity contribution in [1.29, 1.82) is 0 Å². The van der Waals surface area contributed by atoms with Crippen LogP contribution in [-0.2, 0) is 0 Å². The van der Waals surface area contributed by atoms with Gasteiger partial charge in [-0.15, -0.1) is 0 Å². The predicted molar refractivity (Wildman–Crippen MR) is 49.5 cm³/mol. The van der Waals surface area contributed by atoms with E-state index in [-0.39, 0.29) is 11.5 Å². The molecule has 2 atom stereocenters. The molecular weight excluding hydrogens is 136 g/mol. The van der Waals surface area contributed by atoms with Gasteiger partial charge in [0.15, 0.2) is 0 Å². The van der Waals surface area contributed by atoms with E-state index in [1.54, 1.807) is 0 Å². The molecule has 0 aliphatic carbocycles. The maximum absolute atomic E-state index is 9.48. The molecule has 0 saturated heterocycles. The van der Waals surface area contributed by atoms with Crippen LogP contribution >= 0.6 is 0 Å². The van der Waals surface area contributed by atoms with E-state index in [0.717, 1.165) is 12.8 Å². The summed E-state index contributed by atoms with van der Waals surface area (Å²) < 4.78 is 0. The number of hydrogen-bond acceptors (Lipinski definition) is 1. The minimum Gasteiger partial charge on any atom is -0.393 e. The van der Waals surface area contributed by atoms with Gasteiger partial charge in [0.25, 0.3) is 0 Å². The number of aliphatic hydroxyl groups is 1. The third kappa shape index (κ3) is 2.82. The van der Waals surface area contributed by atoms with Crippen LogP contribution in [0.15, 0.2) is 0 Å². The third-order valence-corrected chi connectivity index (χ3v) is 2.94. The van der Waals surface area contributed by atoms with Crippen molar-refractivity contribution in [3.05, 3.63) is 0 Å². The van der Waals surface area contributed by atoms with Gasteiger partial charge in [0.2, 0.25) is 0 Å². The lowest BCUT2D eigenvalue weighted by molar-refractivity contribution is 0.0419. The standard InChI is InChI=1S/C10H22O/c1-6-9(8(3)11)10(4,5)7-2/h8-9,11H,6-7H2,1-5H3. The zero-order valence-corrected chi connectivity index (χ0v) is 8.52. The summed E-state index contributed by atoms with van der Waals surface area (Å²) in [4.78, 5) is 0. The van der Waals surface area contributed by atoms with Crippen molar-refractivity contribution in [2.45, 2.75) is 53.6 Å². The second-order valence-electron chi connectivity index (χ2n) is 4.10. The zero-order chi connectivity index (χ0) is 9.07. The monoisotopic (exact) mass is 158 g/mol. The summed E-state index contributed by atoms with van der Waals surface area (Å²) in [6.07, 6.45) is 2.03. The molecule has 0 aliphatic heterocycles. The van der Waals surface area contributed by atoms with Crippen LogP contribution in [0.25, 0.3) is 0 Å². The molecule has 1 heteroatoms. The Kier molecular flexibility index (Phi) is 4.09. The Bertz CT molecular complexity index is 105. The average molecular weight is 158 g/mol. The molecule has 0 aromatic carbocycles. The Morgan fingerprint density at radius 2 is 1.73 bits per heavy atom. The minimum absolute atomic E-state index is 0.171. The Labute approximate surface area is 70.8 Å².